The maximum atomic E-state index is 11.1. The summed E-state index contributed by atoms with van der Waals surface area (Å²) in [5.74, 6) is -0.368. The van der Waals surface area contributed by atoms with E-state index in [0.29, 0.717) is 19.6 Å². The molecule has 4 nitrogen and oxygen atoms in total. The predicted molar refractivity (Wildman–Crippen MR) is 86.6 cm³/mol. The third-order valence-corrected chi connectivity index (χ3v) is 3.62. The standard InChI is InChI=1S/C14H28INO3/c1-2-3-8-13(14(16)17)19-12-11-18-10-7-5-4-6-9-15/h13H,2-12H2,1H3,(H2,16,17). The van der Waals surface area contributed by atoms with Crippen LogP contribution in [0.15, 0.2) is 0 Å². The largest absolute Gasteiger partial charge is 0.379 e. The molecule has 0 fully saturated rings. The van der Waals surface area contributed by atoms with Gasteiger partial charge in [0.25, 0.3) is 0 Å². The Hall–Kier alpha value is 0.120. The molecule has 0 saturated heterocycles. The molecule has 0 aliphatic heterocycles. The van der Waals surface area contributed by atoms with Gasteiger partial charge in [-0.05, 0) is 23.7 Å². The van der Waals surface area contributed by atoms with Gasteiger partial charge in [0.15, 0.2) is 0 Å². The Kier molecular flexibility index (Phi) is 14.6. The maximum Gasteiger partial charge on any atom is 0.246 e. The minimum atomic E-state index is -0.452. The minimum absolute atomic E-state index is 0.368. The van der Waals surface area contributed by atoms with Crippen molar-refractivity contribution < 1.29 is 14.3 Å². The zero-order valence-electron chi connectivity index (χ0n) is 12.0. The number of nitrogens with two attached hydrogens (primary N) is 1. The van der Waals surface area contributed by atoms with Gasteiger partial charge in [0.1, 0.15) is 6.10 Å². The van der Waals surface area contributed by atoms with Crippen molar-refractivity contribution in [1.82, 2.24) is 0 Å². The molecule has 19 heavy (non-hydrogen) atoms. The first-order chi connectivity index (χ1) is 9.22. The molecule has 0 spiro atoms. The summed E-state index contributed by atoms with van der Waals surface area (Å²) in [4.78, 5) is 11.1. The number of rotatable bonds is 14. The predicted octanol–water partition coefficient (Wildman–Crippen LogP) is 3.06. The highest BCUT2D eigenvalue weighted by atomic mass is 127. The van der Waals surface area contributed by atoms with Gasteiger partial charge >= 0.3 is 0 Å². The molecule has 0 rings (SSSR count). The van der Waals surface area contributed by atoms with E-state index in [0.717, 1.165) is 25.9 Å². The Balaban J connectivity index is 3.37. The molecule has 1 unspecified atom stereocenters. The molecule has 0 saturated carbocycles. The first kappa shape index (κ1) is 19.1. The van der Waals surface area contributed by atoms with Crippen molar-refractivity contribution in [1.29, 1.82) is 0 Å². The van der Waals surface area contributed by atoms with E-state index in [1.54, 1.807) is 0 Å². The zero-order valence-corrected chi connectivity index (χ0v) is 14.2. The van der Waals surface area contributed by atoms with E-state index in [1.807, 2.05) is 0 Å². The van der Waals surface area contributed by atoms with Crippen molar-refractivity contribution in [2.45, 2.75) is 58.0 Å². The minimum Gasteiger partial charge on any atom is -0.379 e. The number of ether oxygens (including phenoxy) is 2. The fourth-order valence-corrected chi connectivity index (χ4v) is 2.24. The average Bonchev–Trinajstić information content (AvgIpc) is 2.39. The summed E-state index contributed by atoms with van der Waals surface area (Å²) in [7, 11) is 0. The smallest absolute Gasteiger partial charge is 0.246 e. The van der Waals surface area contributed by atoms with Crippen LogP contribution in [0.2, 0.25) is 0 Å². The van der Waals surface area contributed by atoms with Crippen molar-refractivity contribution in [3.63, 3.8) is 0 Å². The molecule has 1 amide bonds. The number of unbranched alkanes of at least 4 members (excludes halogenated alkanes) is 4. The van der Waals surface area contributed by atoms with E-state index >= 15 is 0 Å². The van der Waals surface area contributed by atoms with Crippen molar-refractivity contribution in [3.8, 4) is 0 Å². The molecule has 0 aromatic heterocycles. The molecule has 0 aromatic carbocycles. The van der Waals surface area contributed by atoms with E-state index in [-0.39, 0.29) is 5.91 Å². The molecule has 1 atom stereocenters. The quantitative estimate of drug-likeness (QED) is 0.284. The number of carbonyl (C=O) groups excluding carboxylic acids is 1. The summed E-state index contributed by atoms with van der Waals surface area (Å²) >= 11 is 2.40. The molecular weight excluding hydrogens is 357 g/mol. The highest BCUT2D eigenvalue weighted by molar-refractivity contribution is 14.1. The molecule has 0 heterocycles. The van der Waals surface area contributed by atoms with Crippen LogP contribution < -0.4 is 5.73 Å². The molecule has 114 valence electrons. The Morgan fingerprint density at radius 3 is 2.47 bits per heavy atom. The first-order valence-corrected chi connectivity index (χ1v) is 8.79. The van der Waals surface area contributed by atoms with Crippen LogP contribution in [0.3, 0.4) is 0 Å². The van der Waals surface area contributed by atoms with Gasteiger partial charge in [-0.3, -0.25) is 4.79 Å². The second-order valence-electron chi connectivity index (χ2n) is 4.62. The average molecular weight is 385 g/mol. The van der Waals surface area contributed by atoms with Gasteiger partial charge in [0.05, 0.1) is 13.2 Å². The number of hydrogen-bond acceptors (Lipinski definition) is 3. The number of amides is 1. The lowest BCUT2D eigenvalue weighted by atomic mass is 10.1. The second-order valence-corrected chi connectivity index (χ2v) is 5.70. The van der Waals surface area contributed by atoms with Crippen molar-refractivity contribution >= 4 is 28.5 Å². The Morgan fingerprint density at radius 2 is 1.84 bits per heavy atom. The second kappa shape index (κ2) is 14.5. The normalized spacial score (nSPS) is 12.5. The molecule has 0 aliphatic rings. The summed E-state index contributed by atoms with van der Waals surface area (Å²) < 4.78 is 12.2. The summed E-state index contributed by atoms with van der Waals surface area (Å²) in [5.41, 5.74) is 5.28. The summed E-state index contributed by atoms with van der Waals surface area (Å²) in [6, 6.07) is 0. The molecule has 5 heteroatoms. The van der Waals surface area contributed by atoms with Gasteiger partial charge in [-0.15, -0.1) is 0 Å². The zero-order chi connectivity index (χ0) is 14.3. The SMILES string of the molecule is CCCCC(OCCOCCCCCCI)C(N)=O. The number of carbonyl (C=O) groups is 1. The van der Waals surface area contributed by atoms with Gasteiger partial charge in [-0.25, -0.2) is 0 Å². The van der Waals surface area contributed by atoms with Crippen LogP contribution in [0, 0.1) is 0 Å². The van der Waals surface area contributed by atoms with Crippen LogP contribution in [0.25, 0.3) is 0 Å². The third-order valence-electron chi connectivity index (χ3n) is 2.86. The maximum absolute atomic E-state index is 11.1. The van der Waals surface area contributed by atoms with Gasteiger partial charge in [0.2, 0.25) is 5.91 Å². The lowest BCUT2D eigenvalue weighted by molar-refractivity contribution is -0.131. The van der Waals surface area contributed by atoms with Gasteiger partial charge in [-0.2, -0.15) is 0 Å². The van der Waals surface area contributed by atoms with Gasteiger partial charge < -0.3 is 15.2 Å². The topological polar surface area (TPSA) is 61.6 Å². The van der Waals surface area contributed by atoms with Crippen LogP contribution >= 0.6 is 22.6 Å². The van der Waals surface area contributed by atoms with E-state index in [9.17, 15) is 4.79 Å². The number of hydrogen-bond donors (Lipinski definition) is 1. The first-order valence-electron chi connectivity index (χ1n) is 7.27. The number of alkyl halides is 1. The van der Waals surface area contributed by atoms with Crippen LogP contribution in [0.4, 0.5) is 0 Å². The molecule has 0 aliphatic carbocycles. The molecule has 0 radical (unpaired) electrons. The van der Waals surface area contributed by atoms with E-state index in [2.05, 4.69) is 29.5 Å². The van der Waals surface area contributed by atoms with Gasteiger partial charge in [-0.1, -0.05) is 55.2 Å². The van der Waals surface area contributed by atoms with Crippen LogP contribution in [-0.2, 0) is 14.3 Å². The fraction of sp³-hybridized carbons (Fsp3) is 0.929. The molecule has 2 N–H and O–H groups in total. The van der Waals surface area contributed by atoms with Gasteiger partial charge in [0, 0.05) is 6.61 Å². The van der Waals surface area contributed by atoms with Crippen molar-refractivity contribution in [2.24, 2.45) is 5.73 Å². The Morgan fingerprint density at radius 1 is 1.11 bits per heavy atom. The van der Waals surface area contributed by atoms with Crippen LogP contribution in [0.5, 0.6) is 0 Å². The molecule has 0 bridgehead atoms. The fourth-order valence-electron chi connectivity index (χ4n) is 1.70. The Bertz CT molecular complexity index is 215. The lowest BCUT2D eigenvalue weighted by Crippen LogP contribution is -2.32. The monoisotopic (exact) mass is 385 g/mol. The van der Waals surface area contributed by atoms with Crippen molar-refractivity contribution in [3.05, 3.63) is 0 Å². The summed E-state index contributed by atoms with van der Waals surface area (Å²) in [6.45, 7) is 3.85. The lowest BCUT2D eigenvalue weighted by Gasteiger charge is -2.14. The Labute approximate surface area is 130 Å². The van der Waals surface area contributed by atoms with Crippen LogP contribution in [-0.4, -0.2) is 36.3 Å². The number of halogens is 1. The molecular formula is C14H28INO3. The number of primary amides is 1. The highest BCUT2D eigenvalue weighted by Gasteiger charge is 2.14. The van der Waals surface area contributed by atoms with Crippen LogP contribution in [0.1, 0.15) is 51.9 Å². The van der Waals surface area contributed by atoms with E-state index < -0.39 is 6.10 Å². The third kappa shape index (κ3) is 12.9. The molecule has 0 aromatic rings. The summed E-state index contributed by atoms with van der Waals surface area (Å²) in [6.07, 6.45) is 7.17. The van der Waals surface area contributed by atoms with E-state index in [4.69, 9.17) is 15.2 Å². The van der Waals surface area contributed by atoms with E-state index in [1.165, 1.54) is 23.7 Å². The van der Waals surface area contributed by atoms with Crippen molar-refractivity contribution in [2.75, 3.05) is 24.2 Å². The highest BCUT2D eigenvalue weighted by Crippen LogP contribution is 2.05. The summed E-state index contributed by atoms with van der Waals surface area (Å²) in [5, 5.41) is 0.